The average molecular weight is 295 g/mol. The minimum Gasteiger partial charge on any atom is -0.494 e. The molecule has 1 N–H and O–H groups in total. The van der Waals surface area contributed by atoms with Crippen molar-refractivity contribution in [3.05, 3.63) is 29.6 Å². The molecule has 1 aliphatic rings. The van der Waals surface area contributed by atoms with Crippen LogP contribution in [0.1, 0.15) is 32.3 Å². The second-order valence-electron chi connectivity index (χ2n) is 6.27. The maximum Gasteiger partial charge on any atom is 0.321 e. The molecule has 0 saturated carbocycles. The third-order valence-electron chi connectivity index (χ3n) is 4.21. The van der Waals surface area contributed by atoms with Gasteiger partial charge in [-0.05, 0) is 42.5 Å². The van der Waals surface area contributed by atoms with Gasteiger partial charge in [-0.15, -0.1) is 0 Å². The van der Waals surface area contributed by atoms with Gasteiger partial charge < -0.3 is 9.84 Å². The van der Waals surface area contributed by atoms with Crippen LogP contribution >= 0.6 is 0 Å². The molecule has 1 fully saturated rings. The molecule has 1 saturated heterocycles. The Labute approximate surface area is 124 Å². The Kier molecular flexibility index (Phi) is 4.52. The van der Waals surface area contributed by atoms with Crippen molar-refractivity contribution < 1.29 is 19.0 Å². The van der Waals surface area contributed by atoms with E-state index in [0.717, 1.165) is 18.4 Å². The first-order valence-corrected chi connectivity index (χ1v) is 7.14. The van der Waals surface area contributed by atoms with Crippen LogP contribution in [0.15, 0.2) is 18.2 Å². The summed E-state index contributed by atoms with van der Waals surface area (Å²) in [7, 11) is 1.42. The van der Waals surface area contributed by atoms with Crippen molar-refractivity contribution in [2.45, 2.75) is 39.3 Å². The Hall–Kier alpha value is -1.62. The van der Waals surface area contributed by atoms with Gasteiger partial charge in [0.25, 0.3) is 0 Å². The van der Waals surface area contributed by atoms with E-state index >= 15 is 0 Å². The van der Waals surface area contributed by atoms with E-state index in [1.54, 1.807) is 12.1 Å². The lowest BCUT2D eigenvalue weighted by Crippen LogP contribution is -2.53. The second-order valence-corrected chi connectivity index (χ2v) is 6.27. The summed E-state index contributed by atoms with van der Waals surface area (Å²) in [4.78, 5) is 13.5. The third kappa shape index (κ3) is 3.35. The summed E-state index contributed by atoms with van der Waals surface area (Å²) in [5.74, 6) is -1.03. The van der Waals surface area contributed by atoms with Crippen molar-refractivity contribution in [3.63, 3.8) is 0 Å². The van der Waals surface area contributed by atoms with Crippen molar-refractivity contribution in [2.24, 2.45) is 5.41 Å². The number of halogens is 1. The Balaban J connectivity index is 2.20. The van der Waals surface area contributed by atoms with Crippen molar-refractivity contribution in [1.29, 1.82) is 0 Å². The Bertz CT molecular complexity index is 530. The number of piperidine rings is 1. The molecule has 1 aliphatic heterocycles. The van der Waals surface area contributed by atoms with Crippen LogP contribution in [0.5, 0.6) is 5.75 Å². The highest BCUT2D eigenvalue weighted by Gasteiger charge is 2.42. The van der Waals surface area contributed by atoms with Gasteiger partial charge in [0.15, 0.2) is 11.6 Å². The Morgan fingerprint density at radius 1 is 1.52 bits per heavy atom. The summed E-state index contributed by atoms with van der Waals surface area (Å²) >= 11 is 0. The summed E-state index contributed by atoms with van der Waals surface area (Å²) < 4.78 is 18.7. The molecule has 1 aromatic carbocycles. The van der Waals surface area contributed by atoms with E-state index in [-0.39, 0.29) is 11.2 Å². The highest BCUT2D eigenvalue weighted by molar-refractivity contribution is 5.74. The molecule has 1 unspecified atom stereocenters. The molecule has 0 aliphatic carbocycles. The summed E-state index contributed by atoms with van der Waals surface area (Å²) in [6.45, 7) is 5.11. The summed E-state index contributed by atoms with van der Waals surface area (Å²) in [6.07, 6.45) is 1.84. The number of hydrogen-bond donors (Lipinski definition) is 1. The molecule has 4 nitrogen and oxygen atoms in total. The standard InChI is InChI=1S/C16H22FNO3/c1-16(2)7-4-8-18(14(16)15(19)20)10-11-5-6-13(21-3)12(17)9-11/h5-6,9,14H,4,7-8,10H2,1-3H3,(H,19,20). The van der Waals surface area contributed by atoms with Gasteiger partial charge in [0, 0.05) is 6.54 Å². The number of methoxy groups -OCH3 is 1. The second kappa shape index (κ2) is 6.02. The number of nitrogens with zero attached hydrogens (tertiary/aromatic N) is 1. The Morgan fingerprint density at radius 2 is 2.24 bits per heavy atom. The summed E-state index contributed by atoms with van der Waals surface area (Å²) in [5, 5.41) is 9.52. The first-order chi connectivity index (χ1) is 9.85. The summed E-state index contributed by atoms with van der Waals surface area (Å²) in [5.41, 5.74) is 0.479. The zero-order valence-electron chi connectivity index (χ0n) is 12.7. The van der Waals surface area contributed by atoms with Gasteiger partial charge in [-0.2, -0.15) is 0 Å². The van der Waals surface area contributed by atoms with E-state index < -0.39 is 17.8 Å². The largest absolute Gasteiger partial charge is 0.494 e. The lowest BCUT2D eigenvalue weighted by Gasteiger charge is -2.44. The number of hydrogen-bond acceptors (Lipinski definition) is 3. The van der Waals surface area contributed by atoms with Gasteiger partial charge in [-0.25, -0.2) is 4.39 Å². The lowest BCUT2D eigenvalue weighted by molar-refractivity contribution is -0.151. The fourth-order valence-electron chi connectivity index (χ4n) is 3.20. The van der Waals surface area contributed by atoms with Crippen LogP contribution in [0.25, 0.3) is 0 Å². The molecule has 0 bridgehead atoms. The molecule has 0 aromatic heterocycles. The molecule has 2 rings (SSSR count). The fourth-order valence-corrected chi connectivity index (χ4v) is 3.20. The molecule has 1 aromatic rings. The number of carboxylic acid groups (broad SMARTS) is 1. The minimum absolute atomic E-state index is 0.201. The van der Waals surface area contributed by atoms with Gasteiger partial charge >= 0.3 is 5.97 Å². The maximum absolute atomic E-state index is 13.8. The summed E-state index contributed by atoms with van der Waals surface area (Å²) in [6, 6.07) is 4.23. The molecule has 1 heterocycles. The molecule has 21 heavy (non-hydrogen) atoms. The first kappa shape index (κ1) is 15.8. The molecular weight excluding hydrogens is 273 g/mol. The molecule has 0 radical (unpaired) electrons. The van der Waals surface area contributed by atoms with Crippen LogP contribution in [0.2, 0.25) is 0 Å². The normalized spacial score (nSPS) is 22.0. The number of carbonyl (C=O) groups is 1. The van der Waals surface area contributed by atoms with Gasteiger partial charge in [0.05, 0.1) is 7.11 Å². The quantitative estimate of drug-likeness (QED) is 0.928. The highest BCUT2D eigenvalue weighted by atomic mass is 19.1. The number of carboxylic acids is 1. The van der Waals surface area contributed by atoms with Crippen LogP contribution in [-0.2, 0) is 11.3 Å². The van der Waals surface area contributed by atoms with Crippen molar-refractivity contribution in [1.82, 2.24) is 4.90 Å². The van der Waals surface area contributed by atoms with Crippen LogP contribution < -0.4 is 4.74 Å². The van der Waals surface area contributed by atoms with E-state index in [1.807, 2.05) is 18.7 Å². The fraction of sp³-hybridized carbons (Fsp3) is 0.562. The zero-order valence-corrected chi connectivity index (χ0v) is 12.7. The number of benzene rings is 1. The molecule has 116 valence electrons. The van der Waals surface area contributed by atoms with Gasteiger partial charge in [0.1, 0.15) is 6.04 Å². The van der Waals surface area contributed by atoms with Gasteiger partial charge in [-0.1, -0.05) is 19.9 Å². The predicted octanol–water partition coefficient (Wildman–Crippen LogP) is 2.91. The van der Waals surface area contributed by atoms with Crippen LogP contribution in [0, 0.1) is 11.2 Å². The zero-order chi connectivity index (χ0) is 15.6. The van der Waals surface area contributed by atoms with Gasteiger partial charge in [-0.3, -0.25) is 9.69 Å². The topological polar surface area (TPSA) is 49.8 Å². The van der Waals surface area contributed by atoms with E-state index in [4.69, 9.17) is 4.74 Å². The number of likely N-dealkylation sites (tertiary alicyclic amines) is 1. The molecule has 5 heteroatoms. The van der Waals surface area contributed by atoms with E-state index in [2.05, 4.69) is 0 Å². The monoisotopic (exact) mass is 295 g/mol. The molecule has 0 spiro atoms. The number of rotatable bonds is 4. The maximum atomic E-state index is 13.8. The van der Waals surface area contributed by atoms with Crippen LogP contribution in [-0.4, -0.2) is 35.7 Å². The Morgan fingerprint density at radius 3 is 2.81 bits per heavy atom. The van der Waals surface area contributed by atoms with Gasteiger partial charge in [0.2, 0.25) is 0 Å². The van der Waals surface area contributed by atoms with E-state index in [1.165, 1.54) is 13.2 Å². The molecule has 0 amide bonds. The third-order valence-corrected chi connectivity index (χ3v) is 4.21. The minimum atomic E-state index is -0.811. The lowest BCUT2D eigenvalue weighted by atomic mass is 9.76. The average Bonchev–Trinajstić information content (AvgIpc) is 2.37. The SMILES string of the molecule is COc1ccc(CN2CCCC(C)(C)C2C(=O)O)cc1F. The van der Waals surface area contributed by atoms with E-state index in [9.17, 15) is 14.3 Å². The number of aliphatic carboxylic acids is 1. The van der Waals surface area contributed by atoms with Crippen molar-refractivity contribution >= 4 is 5.97 Å². The van der Waals surface area contributed by atoms with Crippen LogP contribution in [0.3, 0.4) is 0 Å². The smallest absolute Gasteiger partial charge is 0.321 e. The van der Waals surface area contributed by atoms with Crippen molar-refractivity contribution in [3.8, 4) is 5.75 Å². The van der Waals surface area contributed by atoms with Crippen LogP contribution in [0.4, 0.5) is 4.39 Å². The highest BCUT2D eigenvalue weighted by Crippen LogP contribution is 2.36. The number of ether oxygens (including phenoxy) is 1. The molecular formula is C16H22FNO3. The first-order valence-electron chi connectivity index (χ1n) is 7.14. The van der Waals surface area contributed by atoms with E-state index in [0.29, 0.717) is 13.1 Å². The van der Waals surface area contributed by atoms with Crippen molar-refractivity contribution in [2.75, 3.05) is 13.7 Å². The predicted molar refractivity (Wildman–Crippen MR) is 77.8 cm³/mol. The molecule has 1 atom stereocenters.